The molecule has 0 unspecified atom stereocenters. The molecule has 2 aromatic rings. The fourth-order valence-corrected chi connectivity index (χ4v) is 1.95. The Morgan fingerprint density at radius 3 is 2.25 bits per heavy atom. The van der Waals surface area contributed by atoms with Crippen LogP contribution < -0.4 is 9.47 Å². The molecule has 0 radical (unpaired) electrons. The van der Waals surface area contributed by atoms with Crippen LogP contribution in [0.5, 0.6) is 11.5 Å². The van der Waals surface area contributed by atoms with E-state index in [4.69, 9.17) is 21.1 Å². The summed E-state index contributed by atoms with van der Waals surface area (Å²) in [6, 6.07) is 16.4. The number of hydrogen-bond acceptors (Lipinski definition) is 3. The minimum atomic E-state index is -0.709. The van der Waals surface area contributed by atoms with Crippen LogP contribution in [0, 0.1) is 0 Å². The minimum Gasteiger partial charge on any atom is -0.497 e. The molecule has 20 heavy (non-hydrogen) atoms. The van der Waals surface area contributed by atoms with E-state index >= 15 is 0 Å². The Morgan fingerprint density at radius 2 is 1.65 bits per heavy atom. The van der Waals surface area contributed by atoms with Crippen molar-refractivity contribution in [3.63, 3.8) is 0 Å². The second kappa shape index (κ2) is 6.96. The normalized spacial score (nSPS) is 11.7. The van der Waals surface area contributed by atoms with Crippen molar-refractivity contribution < 1.29 is 14.3 Å². The molecule has 2 aromatic carbocycles. The topological polar surface area (TPSA) is 35.5 Å². The zero-order valence-electron chi connectivity index (χ0n) is 11.1. The van der Waals surface area contributed by atoms with Gasteiger partial charge in [0.25, 0.3) is 0 Å². The van der Waals surface area contributed by atoms with Gasteiger partial charge in [-0.3, -0.25) is 4.79 Å². The largest absolute Gasteiger partial charge is 0.497 e. The molecule has 104 valence electrons. The van der Waals surface area contributed by atoms with Crippen molar-refractivity contribution in [3.8, 4) is 11.5 Å². The van der Waals surface area contributed by atoms with Crippen LogP contribution in [0.15, 0.2) is 54.6 Å². The molecule has 0 aliphatic carbocycles. The highest BCUT2D eigenvalue weighted by Gasteiger charge is 2.18. The molecule has 3 nitrogen and oxygen atoms in total. The Hall–Kier alpha value is -2.00. The van der Waals surface area contributed by atoms with Gasteiger partial charge >= 0.3 is 5.97 Å². The lowest BCUT2D eigenvalue weighted by atomic mass is 10.1. The van der Waals surface area contributed by atoms with E-state index < -0.39 is 11.3 Å². The van der Waals surface area contributed by atoms with Crippen LogP contribution in [0.4, 0.5) is 0 Å². The summed E-state index contributed by atoms with van der Waals surface area (Å²) in [5.74, 6) is 0.701. The minimum absolute atomic E-state index is 0.442. The number of carbonyl (C=O) groups is 1. The summed E-state index contributed by atoms with van der Waals surface area (Å²) in [6.07, 6.45) is 0.442. The van der Waals surface area contributed by atoms with Gasteiger partial charge < -0.3 is 9.47 Å². The molecule has 0 saturated carbocycles. The van der Waals surface area contributed by atoms with Crippen LogP contribution in [0.1, 0.15) is 5.56 Å². The molecule has 1 atom stereocenters. The number of carbonyl (C=O) groups excluding carboxylic acids is 1. The van der Waals surface area contributed by atoms with E-state index in [0.717, 1.165) is 5.56 Å². The van der Waals surface area contributed by atoms with Gasteiger partial charge in [0, 0.05) is 0 Å². The van der Waals surface area contributed by atoms with Crippen molar-refractivity contribution in [3.05, 3.63) is 60.2 Å². The van der Waals surface area contributed by atoms with Crippen LogP contribution in [-0.2, 0) is 11.2 Å². The second-order valence-corrected chi connectivity index (χ2v) is 4.78. The van der Waals surface area contributed by atoms with Crippen molar-refractivity contribution in [1.82, 2.24) is 0 Å². The number of methoxy groups -OCH3 is 1. The molecule has 0 bridgehead atoms. The van der Waals surface area contributed by atoms with Crippen molar-refractivity contribution in [2.75, 3.05) is 7.11 Å². The molecule has 0 aromatic heterocycles. The summed E-state index contributed by atoms with van der Waals surface area (Å²) in [4.78, 5) is 11.9. The second-order valence-electron chi connectivity index (χ2n) is 4.25. The van der Waals surface area contributed by atoms with Crippen LogP contribution in [-0.4, -0.2) is 18.5 Å². The van der Waals surface area contributed by atoms with Gasteiger partial charge in [0.05, 0.1) is 7.11 Å². The predicted octanol–water partition coefficient (Wildman–Crippen LogP) is 3.45. The number of ether oxygens (including phenoxy) is 2. The van der Waals surface area contributed by atoms with Crippen molar-refractivity contribution >= 4 is 17.6 Å². The van der Waals surface area contributed by atoms with E-state index in [9.17, 15) is 4.79 Å². The van der Waals surface area contributed by atoms with Crippen LogP contribution in [0.25, 0.3) is 0 Å². The lowest BCUT2D eigenvalue weighted by molar-refractivity contribution is -0.133. The number of esters is 1. The summed E-state index contributed by atoms with van der Waals surface area (Å²) in [7, 11) is 1.58. The summed E-state index contributed by atoms with van der Waals surface area (Å²) in [6.45, 7) is 0. The molecule has 4 heteroatoms. The molecule has 0 N–H and O–H groups in total. The van der Waals surface area contributed by atoms with Crippen molar-refractivity contribution in [2.45, 2.75) is 11.8 Å². The van der Waals surface area contributed by atoms with Gasteiger partial charge in [-0.15, -0.1) is 11.6 Å². The van der Waals surface area contributed by atoms with Gasteiger partial charge in [0.2, 0.25) is 0 Å². The first-order valence-electron chi connectivity index (χ1n) is 6.23. The predicted molar refractivity (Wildman–Crippen MR) is 78.4 cm³/mol. The van der Waals surface area contributed by atoms with Gasteiger partial charge in [0.1, 0.15) is 16.9 Å². The Morgan fingerprint density at radius 1 is 1.05 bits per heavy atom. The van der Waals surface area contributed by atoms with E-state index in [1.165, 1.54) is 0 Å². The maximum atomic E-state index is 11.9. The first-order chi connectivity index (χ1) is 9.69. The maximum absolute atomic E-state index is 11.9. The Labute approximate surface area is 123 Å². The Balaban J connectivity index is 1.93. The third-order valence-electron chi connectivity index (χ3n) is 2.79. The summed E-state index contributed by atoms with van der Waals surface area (Å²) >= 11 is 6.08. The quantitative estimate of drug-likeness (QED) is 0.481. The SMILES string of the molecule is COc1ccc(OC(=O)[C@@H](Cl)Cc2ccccc2)cc1. The van der Waals surface area contributed by atoms with E-state index in [1.807, 2.05) is 30.3 Å². The average molecular weight is 291 g/mol. The Bertz CT molecular complexity index is 552. The van der Waals surface area contributed by atoms with E-state index in [1.54, 1.807) is 31.4 Å². The van der Waals surface area contributed by atoms with Crippen LogP contribution in [0.3, 0.4) is 0 Å². The van der Waals surface area contributed by atoms with Crippen LogP contribution >= 0.6 is 11.6 Å². The molecule has 0 saturated heterocycles. The van der Waals surface area contributed by atoms with Crippen molar-refractivity contribution in [1.29, 1.82) is 0 Å². The van der Waals surface area contributed by atoms with Gasteiger partial charge in [-0.05, 0) is 36.2 Å². The van der Waals surface area contributed by atoms with Crippen LogP contribution in [0.2, 0.25) is 0 Å². The average Bonchev–Trinajstić information content (AvgIpc) is 2.49. The summed E-state index contributed by atoms with van der Waals surface area (Å²) < 4.78 is 10.3. The Kier molecular flexibility index (Phi) is 5.02. The fourth-order valence-electron chi connectivity index (χ4n) is 1.73. The summed E-state index contributed by atoms with van der Waals surface area (Å²) in [5.41, 5.74) is 0.999. The smallest absolute Gasteiger partial charge is 0.329 e. The molecule has 0 spiro atoms. The third-order valence-corrected chi connectivity index (χ3v) is 3.12. The standard InChI is InChI=1S/C16H15ClO3/c1-19-13-7-9-14(10-8-13)20-16(18)15(17)11-12-5-3-2-4-6-12/h2-10,15H,11H2,1H3/t15-/m0/s1. The van der Waals surface area contributed by atoms with Gasteiger partial charge in [-0.1, -0.05) is 30.3 Å². The number of alkyl halides is 1. The van der Waals surface area contributed by atoms with Crippen molar-refractivity contribution in [2.24, 2.45) is 0 Å². The number of hydrogen-bond donors (Lipinski definition) is 0. The molecule has 0 heterocycles. The van der Waals surface area contributed by atoms with Gasteiger partial charge in [-0.25, -0.2) is 0 Å². The zero-order valence-corrected chi connectivity index (χ0v) is 11.8. The molecular formula is C16H15ClO3. The lowest BCUT2D eigenvalue weighted by Crippen LogP contribution is -2.22. The molecule has 0 fully saturated rings. The first-order valence-corrected chi connectivity index (χ1v) is 6.66. The first kappa shape index (κ1) is 14.4. The van der Waals surface area contributed by atoms with Gasteiger partial charge in [0.15, 0.2) is 0 Å². The maximum Gasteiger partial charge on any atom is 0.329 e. The van der Waals surface area contributed by atoms with E-state index in [2.05, 4.69) is 0 Å². The number of rotatable bonds is 5. The highest BCUT2D eigenvalue weighted by molar-refractivity contribution is 6.30. The number of halogens is 1. The lowest BCUT2D eigenvalue weighted by Gasteiger charge is -2.10. The zero-order chi connectivity index (χ0) is 14.4. The molecular weight excluding hydrogens is 276 g/mol. The van der Waals surface area contributed by atoms with E-state index in [-0.39, 0.29) is 0 Å². The fraction of sp³-hybridized carbons (Fsp3) is 0.188. The molecule has 0 amide bonds. The van der Waals surface area contributed by atoms with Gasteiger partial charge in [-0.2, -0.15) is 0 Å². The number of benzene rings is 2. The molecule has 2 rings (SSSR count). The third kappa shape index (κ3) is 4.00. The highest BCUT2D eigenvalue weighted by atomic mass is 35.5. The molecule has 0 aliphatic rings. The highest BCUT2D eigenvalue weighted by Crippen LogP contribution is 2.18. The monoisotopic (exact) mass is 290 g/mol. The molecule has 0 aliphatic heterocycles. The summed E-state index contributed by atoms with van der Waals surface area (Å²) in [5, 5.41) is -0.709. The van der Waals surface area contributed by atoms with E-state index in [0.29, 0.717) is 17.9 Å².